The molecule has 0 radical (unpaired) electrons. The number of hydrogen-bond acceptors (Lipinski definition) is 2. The lowest BCUT2D eigenvalue weighted by Crippen LogP contribution is -2.35. The maximum Gasteiger partial charge on any atom is 0.146 e. The molecule has 2 N–H and O–H groups in total. The highest BCUT2D eigenvalue weighted by Crippen LogP contribution is 2.34. The molecule has 0 aliphatic heterocycles. The van der Waals surface area contributed by atoms with E-state index in [-0.39, 0.29) is 0 Å². The monoisotopic (exact) mass is 328 g/mol. The first-order chi connectivity index (χ1) is 8.43. The van der Waals surface area contributed by atoms with E-state index in [0.29, 0.717) is 16.1 Å². The summed E-state index contributed by atoms with van der Waals surface area (Å²) in [5.41, 5.74) is 6.26. The van der Waals surface area contributed by atoms with Gasteiger partial charge in [-0.1, -0.05) is 33.6 Å². The van der Waals surface area contributed by atoms with E-state index in [9.17, 15) is 4.39 Å². The van der Waals surface area contributed by atoms with E-state index in [2.05, 4.69) is 20.9 Å². The van der Waals surface area contributed by atoms with Gasteiger partial charge >= 0.3 is 0 Å². The predicted octanol–water partition coefficient (Wildman–Crippen LogP) is 3.86. The zero-order chi connectivity index (χ0) is 13.3. The van der Waals surface area contributed by atoms with Crippen LogP contribution in [0.2, 0.25) is 5.02 Å². The van der Waals surface area contributed by atoms with Gasteiger partial charge in [-0.3, -0.25) is 4.98 Å². The number of nitrogens with two attached hydrogens (primary N) is 1. The zero-order valence-electron chi connectivity index (χ0n) is 9.62. The fourth-order valence-corrected chi connectivity index (χ4v) is 2.72. The van der Waals surface area contributed by atoms with Crippen LogP contribution >= 0.6 is 27.5 Å². The zero-order valence-corrected chi connectivity index (χ0v) is 12.0. The molecule has 0 fully saturated rings. The standard InChI is InChI=1S/C13H11BrClFN2/c1-13(17,10-4-5-18-7-12(10)16)9-3-2-8(14)6-11(9)15/h2-7H,17H2,1H3. The van der Waals surface area contributed by atoms with Crippen LogP contribution in [0.15, 0.2) is 41.1 Å². The molecule has 2 aromatic rings. The molecular weight excluding hydrogens is 319 g/mol. The Hall–Kier alpha value is -0.970. The van der Waals surface area contributed by atoms with Gasteiger partial charge in [-0.25, -0.2) is 4.39 Å². The lowest BCUT2D eigenvalue weighted by atomic mass is 9.86. The van der Waals surface area contributed by atoms with Crippen molar-refractivity contribution in [2.75, 3.05) is 0 Å². The molecule has 0 aliphatic carbocycles. The van der Waals surface area contributed by atoms with Crippen LogP contribution in [0.1, 0.15) is 18.1 Å². The van der Waals surface area contributed by atoms with Crippen molar-refractivity contribution in [3.8, 4) is 0 Å². The lowest BCUT2D eigenvalue weighted by Gasteiger charge is -2.27. The maximum atomic E-state index is 13.8. The summed E-state index contributed by atoms with van der Waals surface area (Å²) < 4.78 is 14.6. The van der Waals surface area contributed by atoms with Crippen molar-refractivity contribution in [2.24, 2.45) is 5.73 Å². The van der Waals surface area contributed by atoms with E-state index >= 15 is 0 Å². The molecule has 0 bridgehead atoms. The summed E-state index contributed by atoms with van der Waals surface area (Å²) in [6, 6.07) is 6.91. The van der Waals surface area contributed by atoms with Gasteiger partial charge in [-0.15, -0.1) is 0 Å². The molecule has 5 heteroatoms. The van der Waals surface area contributed by atoms with Gasteiger partial charge in [0.1, 0.15) is 5.82 Å². The average Bonchev–Trinajstić information content (AvgIpc) is 2.28. The van der Waals surface area contributed by atoms with Crippen LogP contribution in [0.3, 0.4) is 0 Å². The van der Waals surface area contributed by atoms with Crippen LogP contribution in [0.4, 0.5) is 4.39 Å². The molecule has 0 saturated heterocycles. The second-order valence-electron chi connectivity index (χ2n) is 4.18. The van der Waals surface area contributed by atoms with Gasteiger partial charge in [0.05, 0.1) is 11.7 Å². The Morgan fingerprint density at radius 3 is 2.67 bits per heavy atom. The van der Waals surface area contributed by atoms with Crippen molar-refractivity contribution in [1.29, 1.82) is 0 Å². The van der Waals surface area contributed by atoms with Crippen LogP contribution in [0.25, 0.3) is 0 Å². The minimum atomic E-state index is -1.01. The Balaban J connectivity index is 2.58. The Morgan fingerprint density at radius 2 is 2.06 bits per heavy atom. The molecule has 1 heterocycles. The molecule has 2 rings (SSSR count). The molecule has 0 spiro atoms. The first-order valence-corrected chi connectivity index (χ1v) is 6.44. The van der Waals surface area contributed by atoms with E-state index in [1.54, 1.807) is 25.1 Å². The van der Waals surface area contributed by atoms with Crippen LogP contribution < -0.4 is 5.73 Å². The van der Waals surface area contributed by atoms with Gasteiger partial charge in [-0.05, 0) is 30.7 Å². The molecule has 1 aromatic heterocycles. The number of halogens is 3. The van der Waals surface area contributed by atoms with E-state index < -0.39 is 11.4 Å². The Labute approximate surface area is 118 Å². The number of nitrogens with zero attached hydrogens (tertiary/aromatic N) is 1. The fraction of sp³-hybridized carbons (Fsp3) is 0.154. The molecule has 18 heavy (non-hydrogen) atoms. The summed E-state index contributed by atoms with van der Waals surface area (Å²) in [7, 11) is 0. The molecule has 0 amide bonds. The van der Waals surface area contributed by atoms with Crippen molar-refractivity contribution in [3.05, 3.63) is 63.1 Å². The van der Waals surface area contributed by atoms with E-state index in [1.807, 2.05) is 6.07 Å². The summed E-state index contributed by atoms with van der Waals surface area (Å²) in [6.45, 7) is 1.72. The van der Waals surface area contributed by atoms with Crippen molar-refractivity contribution in [2.45, 2.75) is 12.5 Å². The highest BCUT2D eigenvalue weighted by molar-refractivity contribution is 9.10. The summed E-state index contributed by atoms with van der Waals surface area (Å²) >= 11 is 9.49. The molecule has 1 atom stereocenters. The second kappa shape index (κ2) is 4.96. The van der Waals surface area contributed by atoms with E-state index in [0.717, 1.165) is 10.7 Å². The lowest BCUT2D eigenvalue weighted by molar-refractivity contribution is 0.527. The van der Waals surface area contributed by atoms with Crippen molar-refractivity contribution < 1.29 is 4.39 Å². The van der Waals surface area contributed by atoms with Crippen molar-refractivity contribution >= 4 is 27.5 Å². The first-order valence-electron chi connectivity index (χ1n) is 5.27. The van der Waals surface area contributed by atoms with Gasteiger partial charge in [0, 0.05) is 21.3 Å². The van der Waals surface area contributed by atoms with Crippen molar-refractivity contribution in [1.82, 2.24) is 4.98 Å². The summed E-state index contributed by atoms with van der Waals surface area (Å²) in [4.78, 5) is 3.72. The largest absolute Gasteiger partial charge is 0.318 e. The number of pyridine rings is 1. The van der Waals surface area contributed by atoms with Gasteiger partial charge in [0.2, 0.25) is 0 Å². The van der Waals surface area contributed by atoms with Gasteiger partial charge in [0.15, 0.2) is 0 Å². The third-order valence-corrected chi connectivity index (χ3v) is 3.63. The third-order valence-electron chi connectivity index (χ3n) is 2.82. The van der Waals surface area contributed by atoms with Crippen LogP contribution in [-0.2, 0) is 5.54 Å². The molecular formula is C13H11BrClFN2. The molecule has 1 aromatic carbocycles. The maximum absolute atomic E-state index is 13.8. The minimum absolute atomic E-state index is 0.363. The SMILES string of the molecule is CC(N)(c1ccncc1F)c1ccc(Br)cc1Cl. The number of rotatable bonds is 2. The molecule has 94 valence electrons. The average molecular weight is 330 g/mol. The summed E-state index contributed by atoms with van der Waals surface area (Å²) in [6.07, 6.45) is 2.66. The third kappa shape index (κ3) is 2.41. The van der Waals surface area contributed by atoms with Crippen LogP contribution in [0.5, 0.6) is 0 Å². The molecule has 0 saturated carbocycles. The predicted molar refractivity (Wildman–Crippen MR) is 74.0 cm³/mol. The smallest absolute Gasteiger partial charge is 0.146 e. The van der Waals surface area contributed by atoms with Gasteiger partial charge < -0.3 is 5.73 Å². The summed E-state index contributed by atoms with van der Waals surface area (Å²) in [5, 5.41) is 0.491. The number of benzene rings is 1. The second-order valence-corrected chi connectivity index (χ2v) is 5.50. The molecule has 2 nitrogen and oxygen atoms in total. The topological polar surface area (TPSA) is 38.9 Å². The van der Waals surface area contributed by atoms with Crippen LogP contribution in [-0.4, -0.2) is 4.98 Å². The first kappa shape index (κ1) is 13.5. The van der Waals surface area contributed by atoms with Crippen molar-refractivity contribution in [3.63, 3.8) is 0 Å². The Bertz CT molecular complexity index is 587. The normalized spacial score (nSPS) is 14.3. The van der Waals surface area contributed by atoms with Gasteiger partial charge in [-0.2, -0.15) is 0 Å². The minimum Gasteiger partial charge on any atom is -0.318 e. The number of hydrogen-bond donors (Lipinski definition) is 1. The molecule has 0 aliphatic rings. The Kier molecular flexibility index (Phi) is 3.71. The summed E-state index contributed by atoms with van der Waals surface area (Å²) in [5.74, 6) is -0.443. The van der Waals surface area contributed by atoms with Gasteiger partial charge in [0.25, 0.3) is 0 Å². The fourth-order valence-electron chi connectivity index (χ4n) is 1.85. The molecule has 1 unspecified atom stereocenters. The quantitative estimate of drug-likeness (QED) is 0.908. The highest BCUT2D eigenvalue weighted by atomic mass is 79.9. The van der Waals surface area contributed by atoms with E-state index in [1.165, 1.54) is 6.20 Å². The highest BCUT2D eigenvalue weighted by Gasteiger charge is 2.29. The Morgan fingerprint density at radius 1 is 1.33 bits per heavy atom. The van der Waals surface area contributed by atoms with Crippen LogP contribution in [0, 0.1) is 5.82 Å². The van der Waals surface area contributed by atoms with E-state index in [4.69, 9.17) is 17.3 Å². The number of aromatic nitrogens is 1.